The average Bonchev–Trinajstić information content (AvgIpc) is 2.45. The molecule has 0 aliphatic heterocycles. The largest absolute Gasteiger partial charge is 0.346 e. The van der Waals surface area contributed by atoms with Gasteiger partial charge in [0.05, 0.1) is 17.8 Å². The van der Waals surface area contributed by atoms with E-state index in [0.29, 0.717) is 17.3 Å². The Morgan fingerprint density at radius 3 is 2.84 bits per heavy atom. The Morgan fingerprint density at radius 1 is 1.32 bits per heavy atom. The topological polar surface area (TPSA) is 54.9 Å². The second kappa shape index (κ2) is 6.29. The van der Waals surface area contributed by atoms with E-state index in [0.717, 1.165) is 17.7 Å². The molecule has 2 aromatic heterocycles. The van der Waals surface area contributed by atoms with E-state index in [1.165, 1.54) is 6.20 Å². The molecule has 98 valence electrons. The first-order valence-electron chi connectivity index (χ1n) is 6.03. The highest BCUT2D eigenvalue weighted by molar-refractivity contribution is 6.29. The number of hydrogen-bond donors (Lipinski definition) is 1. The number of nitrogens with zero attached hydrogens (tertiary/aromatic N) is 2. The van der Waals surface area contributed by atoms with Crippen LogP contribution in [-0.2, 0) is 13.0 Å². The van der Waals surface area contributed by atoms with E-state index >= 15 is 0 Å². The van der Waals surface area contributed by atoms with Gasteiger partial charge in [0.2, 0.25) is 0 Å². The molecule has 2 heterocycles. The molecule has 1 N–H and O–H groups in total. The van der Waals surface area contributed by atoms with Crippen LogP contribution in [0.15, 0.2) is 36.7 Å². The highest BCUT2D eigenvalue weighted by atomic mass is 35.5. The molecule has 0 unspecified atom stereocenters. The lowest BCUT2D eigenvalue weighted by molar-refractivity contribution is 0.0950. The molecule has 0 atom stereocenters. The van der Waals surface area contributed by atoms with Gasteiger partial charge >= 0.3 is 0 Å². The van der Waals surface area contributed by atoms with Gasteiger partial charge in [-0.15, -0.1) is 0 Å². The molecule has 0 radical (unpaired) electrons. The minimum Gasteiger partial charge on any atom is -0.346 e. The number of nitrogens with one attached hydrogen (secondary N) is 1. The number of amides is 1. The maximum absolute atomic E-state index is 11.9. The van der Waals surface area contributed by atoms with Crippen LogP contribution >= 0.6 is 11.6 Å². The molecular formula is C14H14ClN3O. The van der Waals surface area contributed by atoms with Crippen LogP contribution in [0.2, 0.25) is 5.15 Å². The maximum Gasteiger partial charge on any atom is 0.253 e. The molecule has 1 amide bonds. The number of halogens is 1. The first-order chi connectivity index (χ1) is 9.20. The number of carbonyl (C=O) groups is 1. The molecule has 2 rings (SSSR count). The first-order valence-corrected chi connectivity index (χ1v) is 6.41. The Kier molecular flexibility index (Phi) is 4.47. The van der Waals surface area contributed by atoms with Gasteiger partial charge in [-0.05, 0) is 30.2 Å². The summed E-state index contributed by atoms with van der Waals surface area (Å²) >= 11 is 5.68. The van der Waals surface area contributed by atoms with Crippen molar-refractivity contribution in [1.82, 2.24) is 15.3 Å². The second-order valence-electron chi connectivity index (χ2n) is 4.02. The Balaban J connectivity index is 2.02. The molecule has 0 spiro atoms. The van der Waals surface area contributed by atoms with Gasteiger partial charge in [-0.3, -0.25) is 9.78 Å². The van der Waals surface area contributed by atoms with Crippen molar-refractivity contribution < 1.29 is 4.79 Å². The fourth-order valence-corrected chi connectivity index (χ4v) is 1.84. The monoisotopic (exact) mass is 275 g/mol. The van der Waals surface area contributed by atoms with E-state index in [-0.39, 0.29) is 5.91 Å². The molecule has 2 aromatic rings. The van der Waals surface area contributed by atoms with Gasteiger partial charge in [0, 0.05) is 12.4 Å². The van der Waals surface area contributed by atoms with Gasteiger partial charge in [-0.25, -0.2) is 4.98 Å². The third-order valence-electron chi connectivity index (χ3n) is 2.77. The van der Waals surface area contributed by atoms with Gasteiger partial charge < -0.3 is 5.32 Å². The number of aryl methyl sites for hydroxylation is 1. The molecule has 4 nitrogen and oxygen atoms in total. The summed E-state index contributed by atoms with van der Waals surface area (Å²) in [6.45, 7) is 2.47. The minimum absolute atomic E-state index is 0.183. The molecule has 0 fully saturated rings. The Bertz CT molecular complexity index is 569. The quantitative estimate of drug-likeness (QED) is 0.873. The molecule has 0 aromatic carbocycles. The summed E-state index contributed by atoms with van der Waals surface area (Å²) in [6, 6.07) is 7.14. The Hall–Kier alpha value is -1.94. The van der Waals surface area contributed by atoms with E-state index in [9.17, 15) is 4.79 Å². The van der Waals surface area contributed by atoms with Crippen LogP contribution in [0.1, 0.15) is 28.5 Å². The van der Waals surface area contributed by atoms with Gasteiger partial charge in [0.25, 0.3) is 5.91 Å². The van der Waals surface area contributed by atoms with E-state index in [4.69, 9.17) is 11.6 Å². The first kappa shape index (κ1) is 13.5. The molecule has 0 saturated heterocycles. The van der Waals surface area contributed by atoms with Crippen molar-refractivity contribution >= 4 is 17.5 Å². The Morgan fingerprint density at radius 2 is 2.16 bits per heavy atom. The molecule has 0 saturated carbocycles. The lowest BCUT2D eigenvalue weighted by Crippen LogP contribution is -2.24. The molecule has 0 bridgehead atoms. The second-order valence-corrected chi connectivity index (χ2v) is 4.40. The van der Waals surface area contributed by atoms with Crippen molar-refractivity contribution in [2.24, 2.45) is 0 Å². The normalized spacial score (nSPS) is 10.2. The van der Waals surface area contributed by atoms with Crippen LogP contribution in [0.3, 0.4) is 0 Å². The summed E-state index contributed by atoms with van der Waals surface area (Å²) in [6.07, 6.45) is 4.07. The maximum atomic E-state index is 11.9. The molecule has 19 heavy (non-hydrogen) atoms. The summed E-state index contributed by atoms with van der Waals surface area (Å²) < 4.78 is 0. The predicted molar refractivity (Wildman–Crippen MR) is 74.0 cm³/mol. The van der Waals surface area contributed by atoms with Gasteiger partial charge in [0.1, 0.15) is 5.15 Å². The van der Waals surface area contributed by atoms with E-state index in [1.807, 2.05) is 12.1 Å². The van der Waals surface area contributed by atoms with Crippen LogP contribution in [-0.4, -0.2) is 15.9 Å². The zero-order chi connectivity index (χ0) is 13.7. The van der Waals surface area contributed by atoms with Crippen molar-refractivity contribution in [3.05, 3.63) is 58.6 Å². The van der Waals surface area contributed by atoms with Crippen LogP contribution < -0.4 is 5.32 Å². The van der Waals surface area contributed by atoms with E-state index in [2.05, 4.69) is 22.2 Å². The summed E-state index contributed by atoms with van der Waals surface area (Å²) in [5, 5.41) is 3.19. The number of rotatable bonds is 4. The molecule has 5 heteroatoms. The van der Waals surface area contributed by atoms with Crippen molar-refractivity contribution in [1.29, 1.82) is 0 Å². The zero-order valence-electron chi connectivity index (χ0n) is 10.6. The van der Waals surface area contributed by atoms with E-state index < -0.39 is 0 Å². The SMILES string of the molecule is CCc1cccnc1CNC(=O)c1ccc(Cl)nc1. The van der Waals surface area contributed by atoms with Gasteiger partial charge in [0.15, 0.2) is 0 Å². The van der Waals surface area contributed by atoms with E-state index in [1.54, 1.807) is 18.3 Å². The molecular weight excluding hydrogens is 262 g/mol. The number of hydrogen-bond acceptors (Lipinski definition) is 3. The molecule has 0 aliphatic carbocycles. The fourth-order valence-electron chi connectivity index (χ4n) is 1.73. The smallest absolute Gasteiger partial charge is 0.253 e. The minimum atomic E-state index is -0.183. The summed E-state index contributed by atoms with van der Waals surface area (Å²) in [5.74, 6) is -0.183. The highest BCUT2D eigenvalue weighted by Gasteiger charge is 2.07. The number of carbonyl (C=O) groups excluding carboxylic acids is 1. The fraction of sp³-hybridized carbons (Fsp3) is 0.214. The highest BCUT2D eigenvalue weighted by Crippen LogP contribution is 2.07. The number of aromatic nitrogens is 2. The summed E-state index contributed by atoms with van der Waals surface area (Å²) in [7, 11) is 0. The van der Waals surface area contributed by atoms with Crippen molar-refractivity contribution in [3.63, 3.8) is 0 Å². The van der Waals surface area contributed by atoms with Crippen LogP contribution in [0.5, 0.6) is 0 Å². The van der Waals surface area contributed by atoms with Crippen molar-refractivity contribution in [2.75, 3.05) is 0 Å². The molecule has 0 aliphatic rings. The van der Waals surface area contributed by atoms with Gasteiger partial charge in [-0.1, -0.05) is 24.6 Å². The lowest BCUT2D eigenvalue weighted by atomic mass is 10.1. The Labute approximate surface area is 116 Å². The summed E-state index contributed by atoms with van der Waals surface area (Å²) in [5.41, 5.74) is 2.51. The van der Waals surface area contributed by atoms with Crippen LogP contribution in [0.25, 0.3) is 0 Å². The third-order valence-corrected chi connectivity index (χ3v) is 2.99. The third kappa shape index (κ3) is 3.51. The lowest BCUT2D eigenvalue weighted by Gasteiger charge is -2.08. The van der Waals surface area contributed by atoms with Crippen LogP contribution in [0.4, 0.5) is 0 Å². The predicted octanol–water partition coefficient (Wildman–Crippen LogP) is 2.62. The standard InChI is InChI=1S/C14H14ClN3O/c1-2-10-4-3-7-16-12(10)9-18-14(19)11-5-6-13(15)17-8-11/h3-8H,2,9H2,1H3,(H,18,19). The van der Waals surface area contributed by atoms with Crippen molar-refractivity contribution in [3.8, 4) is 0 Å². The van der Waals surface area contributed by atoms with Crippen LogP contribution in [0, 0.1) is 0 Å². The number of pyridine rings is 2. The van der Waals surface area contributed by atoms with Crippen molar-refractivity contribution in [2.45, 2.75) is 19.9 Å². The zero-order valence-corrected chi connectivity index (χ0v) is 11.3. The summed E-state index contributed by atoms with van der Waals surface area (Å²) in [4.78, 5) is 20.1. The average molecular weight is 276 g/mol. The van der Waals surface area contributed by atoms with Gasteiger partial charge in [-0.2, -0.15) is 0 Å².